The molecule has 0 aliphatic rings. The monoisotopic (exact) mass is 193 g/mol. The van der Waals surface area contributed by atoms with Crippen LogP contribution in [0.1, 0.15) is 18.9 Å². The second-order valence-corrected chi connectivity index (χ2v) is 3.73. The number of hydrogen-bond acceptors (Lipinski definition) is 1. The fourth-order valence-electron chi connectivity index (χ4n) is 1.25. The van der Waals surface area contributed by atoms with Gasteiger partial charge in [-0.1, -0.05) is 30.7 Å². The number of rotatable bonds is 3. The Morgan fingerprint density at radius 3 is 2.54 bits per heavy atom. The van der Waals surface area contributed by atoms with E-state index in [4.69, 9.17) is 16.9 Å². The molecule has 1 aromatic rings. The summed E-state index contributed by atoms with van der Waals surface area (Å²) in [4.78, 5) is 0. The van der Waals surface area contributed by atoms with E-state index < -0.39 is 0 Å². The Labute approximate surface area is 84.0 Å². The van der Waals surface area contributed by atoms with Crippen LogP contribution in [-0.2, 0) is 6.42 Å². The van der Waals surface area contributed by atoms with Crippen molar-refractivity contribution in [3.63, 3.8) is 0 Å². The molecular weight excluding hydrogens is 182 g/mol. The number of nitrogens with zero attached hydrogens (tertiary/aromatic N) is 1. The van der Waals surface area contributed by atoms with E-state index in [-0.39, 0.29) is 0 Å². The Balaban J connectivity index is 2.55. The van der Waals surface area contributed by atoms with Gasteiger partial charge in [-0.25, -0.2) is 0 Å². The van der Waals surface area contributed by atoms with Crippen molar-refractivity contribution >= 4 is 11.6 Å². The largest absolute Gasteiger partial charge is 0.198 e. The number of halogens is 1. The van der Waals surface area contributed by atoms with Crippen LogP contribution in [-0.4, -0.2) is 0 Å². The Kier molecular flexibility index (Phi) is 3.79. The average molecular weight is 194 g/mol. The maximum Gasteiger partial charge on any atom is 0.0624 e. The molecule has 0 aliphatic carbocycles. The second kappa shape index (κ2) is 4.89. The molecule has 0 radical (unpaired) electrons. The van der Waals surface area contributed by atoms with Crippen LogP contribution in [0, 0.1) is 17.2 Å². The predicted molar refractivity (Wildman–Crippen MR) is 54.6 cm³/mol. The molecule has 0 aromatic heterocycles. The topological polar surface area (TPSA) is 23.8 Å². The van der Waals surface area contributed by atoms with Gasteiger partial charge in [0.15, 0.2) is 0 Å². The molecular formula is C11H12ClN. The van der Waals surface area contributed by atoms with Crippen molar-refractivity contribution in [3.05, 3.63) is 34.9 Å². The van der Waals surface area contributed by atoms with Gasteiger partial charge in [0.05, 0.1) is 6.07 Å². The van der Waals surface area contributed by atoms with Gasteiger partial charge in [0, 0.05) is 11.4 Å². The molecule has 0 spiro atoms. The van der Waals surface area contributed by atoms with Crippen molar-refractivity contribution in [1.82, 2.24) is 0 Å². The number of hydrogen-bond donors (Lipinski definition) is 0. The maximum absolute atomic E-state index is 8.49. The molecule has 13 heavy (non-hydrogen) atoms. The van der Waals surface area contributed by atoms with E-state index in [0.717, 1.165) is 11.4 Å². The van der Waals surface area contributed by atoms with E-state index in [0.29, 0.717) is 12.3 Å². The number of benzene rings is 1. The van der Waals surface area contributed by atoms with Crippen molar-refractivity contribution in [1.29, 1.82) is 5.26 Å². The fourth-order valence-corrected chi connectivity index (χ4v) is 1.38. The molecule has 1 atom stereocenters. The van der Waals surface area contributed by atoms with E-state index >= 15 is 0 Å². The predicted octanol–water partition coefficient (Wildman–Crippen LogP) is 3.43. The Hall–Kier alpha value is -1.00. The van der Waals surface area contributed by atoms with Crippen LogP contribution >= 0.6 is 11.6 Å². The summed E-state index contributed by atoms with van der Waals surface area (Å²) < 4.78 is 0. The lowest BCUT2D eigenvalue weighted by molar-refractivity contribution is 0.596. The highest BCUT2D eigenvalue weighted by Gasteiger charge is 2.02. The minimum atomic E-state index is 0.422. The van der Waals surface area contributed by atoms with Gasteiger partial charge in [0.1, 0.15) is 0 Å². The Morgan fingerprint density at radius 2 is 2.00 bits per heavy atom. The Morgan fingerprint density at radius 1 is 1.38 bits per heavy atom. The van der Waals surface area contributed by atoms with E-state index in [1.165, 1.54) is 5.56 Å². The van der Waals surface area contributed by atoms with Crippen LogP contribution in [0.2, 0.25) is 5.02 Å². The summed E-state index contributed by atoms with van der Waals surface area (Å²) in [7, 11) is 0. The zero-order valence-corrected chi connectivity index (χ0v) is 8.38. The zero-order valence-electron chi connectivity index (χ0n) is 7.63. The molecule has 0 bridgehead atoms. The van der Waals surface area contributed by atoms with Crippen LogP contribution in [0.4, 0.5) is 0 Å². The van der Waals surface area contributed by atoms with Crippen LogP contribution in [0.3, 0.4) is 0 Å². The first-order valence-electron chi connectivity index (χ1n) is 4.33. The maximum atomic E-state index is 8.49. The van der Waals surface area contributed by atoms with Gasteiger partial charge in [-0.05, 0) is 30.0 Å². The molecule has 2 heteroatoms. The highest BCUT2D eigenvalue weighted by Crippen LogP contribution is 2.14. The second-order valence-electron chi connectivity index (χ2n) is 3.30. The Bertz CT molecular complexity index is 297. The van der Waals surface area contributed by atoms with Crippen molar-refractivity contribution in [2.75, 3.05) is 0 Å². The third kappa shape index (κ3) is 3.48. The van der Waals surface area contributed by atoms with Gasteiger partial charge in [0.2, 0.25) is 0 Å². The molecule has 0 saturated heterocycles. The lowest BCUT2D eigenvalue weighted by atomic mass is 9.99. The summed E-state index contributed by atoms with van der Waals surface area (Å²) in [5, 5.41) is 9.25. The summed E-state index contributed by atoms with van der Waals surface area (Å²) in [5.41, 5.74) is 1.24. The smallest absolute Gasteiger partial charge is 0.0624 e. The lowest BCUT2D eigenvalue weighted by Crippen LogP contribution is -1.97. The van der Waals surface area contributed by atoms with Crippen LogP contribution in [0.15, 0.2) is 24.3 Å². The highest BCUT2D eigenvalue weighted by atomic mass is 35.5. The van der Waals surface area contributed by atoms with E-state index in [2.05, 4.69) is 13.0 Å². The van der Waals surface area contributed by atoms with Crippen molar-refractivity contribution < 1.29 is 0 Å². The molecule has 0 N–H and O–H groups in total. The summed E-state index contributed by atoms with van der Waals surface area (Å²) in [6, 6.07) is 9.96. The van der Waals surface area contributed by atoms with Gasteiger partial charge >= 0.3 is 0 Å². The molecule has 1 aromatic carbocycles. The first-order valence-corrected chi connectivity index (χ1v) is 4.71. The zero-order chi connectivity index (χ0) is 9.68. The van der Waals surface area contributed by atoms with Gasteiger partial charge < -0.3 is 0 Å². The molecule has 0 aliphatic heterocycles. The van der Waals surface area contributed by atoms with Crippen molar-refractivity contribution in [2.45, 2.75) is 19.8 Å². The minimum Gasteiger partial charge on any atom is -0.198 e. The van der Waals surface area contributed by atoms with Gasteiger partial charge in [-0.3, -0.25) is 0 Å². The third-order valence-corrected chi connectivity index (χ3v) is 2.19. The molecule has 0 fully saturated rings. The van der Waals surface area contributed by atoms with Crippen LogP contribution < -0.4 is 0 Å². The first kappa shape index (κ1) is 10.1. The molecule has 0 unspecified atom stereocenters. The average Bonchev–Trinajstić information content (AvgIpc) is 2.09. The molecule has 0 heterocycles. The standard InChI is InChI=1S/C11H12ClN/c1-9(6-7-13)8-10-2-4-11(12)5-3-10/h2-5,9H,6,8H2,1H3/t9-/m1/s1. The van der Waals surface area contributed by atoms with Crippen molar-refractivity contribution in [2.24, 2.45) is 5.92 Å². The molecule has 0 amide bonds. The van der Waals surface area contributed by atoms with Crippen LogP contribution in [0.5, 0.6) is 0 Å². The fraction of sp³-hybridized carbons (Fsp3) is 0.364. The normalized spacial score (nSPS) is 12.1. The molecule has 68 valence electrons. The lowest BCUT2D eigenvalue weighted by Gasteiger charge is -2.06. The van der Waals surface area contributed by atoms with E-state index in [9.17, 15) is 0 Å². The third-order valence-electron chi connectivity index (χ3n) is 1.94. The summed E-state index contributed by atoms with van der Waals surface area (Å²) in [5.74, 6) is 0.422. The summed E-state index contributed by atoms with van der Waals surface area (Å²) >= 11 is 5.76. The first-order chi connectivity index (χ1) is 6.22. The summed E-state index contributed by atoms with van der Waals surface area (Å²) in [6.45, 7) is 2.08. The molecule has 1 rings (SSSR count). The van der Waals surface area contributed by atoms with Gasteiger partial charge in [0.25, 0.3) is 0 Å². The van der Waals surface area contributed by atoms with Gasteiger partial charge in [-0.2, -0.15) is 5.26 Å². The van der Waals surface area contributed by atoms with E-state index in [1.807, 2.05) is 24.3 Å². The SMILES string of the molecule is C[C@H](CC#N)Cc1ccc(Cl)cc1. The summed E-state index contributed by atoms with van der Waals surface area (Å²) in [6.07, 6.45) is 1.56. The minimum absolute atomic E-state index is 0.422. The van der Waals surface area contributed by atoms with Gasteiger partial charge in [-0.15, -0.1) is 0 Å². The molecule has 1 nitrogen and oxygen atoms in total. The highest BCUT2D eigenvalue weighted by molar-refractivity contribution is 6.30. The van der Waals surface area contributed by atoms with Crippen molar-refractivity contribution in [3.8, 4) is 6.07 Å². The molecule has 0 saturated carbocycles. The number of nitriles is 1. The van der Waals surface area contributed by atoms with Crippen LogP contribution in [0.25, 0.3) is 0 Å². The quantitative estimate of drug-likeness (QED) is 0.722. The van der Waals surface area contributed by atoms with E-state index in [1.54, 1.807) is 0 Å².